The van der Waals surface area contributed by atoms with Crippen LogP contribution in [-0.2, 0) is 19.4 Å². The molecule has 1 heterocycles. The van der Waals surface area contributed by atoms with Gasteiger partial charge in [0.15, 0.2) is 0 Å². The Bertz CT molecular complexity index is 1270. The van der Waals surface area contributed by atoms with Crippen LogP contribution in [0.1, 0.15) is 40.5 Å². The van der Waals surface area contributed by atoms with Crippen molar-refractivity contribution in [3.05, 3.63) is 112 Å². The largest absolute Gasteiger partial charge is 0.348 e. The van der Waals surface area contributed by atoms with Crippen molar-refractivity contribution < 1.29 is 4.79 Å². The lowest BCUT2D eigenvalue weighted by molar-refractivity contribution is 0.0951. The highest BCUT2D eigenvalue weighted by Crippen LogP contribution is 2.35. The predicted molar refractivity (Wildman–Crippen MR) is 135 cm³/mol. The van der Waals surface area contributed by atoms with E-state index in [1.54, 1.807) is 0 Å². The van der Waals surface area contributed by atoms with Crippen LogP contribution in [0.15, 0.2) is 84.9 Å². The Morgan fingerprint density at radius 3 is 2.48 bits per heavy atom. The molecule has 0 saturated heterocycles. The molecule has 33 heavy (non-hydrogen) atoms. The fourth-order valence-electron chi connectivity index (χ4n) is 4.71. The molecule has 1 aromatic heterocycles. The minimum absolute atomic E-state index is 0.104. The first-order chi connectivity index (χ1) is 16.1. The molecule has 3 nitrogen and oxygen atoms in total. The summed E-state index contributed by atoms with van der Waals surface area (Å²) in [6, 6.07) is 28.4. The summed E-state index contributed by atoms with van der Waals surface area (Å²) in [7, 11) is 0. The molecular formula is C29H27ClN2O. The molecular weight excluding hydrogens is 428 g/mol. The number of benzene rings is 3. The number of carbonyl (C=O) groups excluding carboxylic acids is 1. The van der Waals surface area contributed by atoms with Gasteiger partial charge in [0.25, 0.3) is 5.91 Å². The van der Waals surface area contributed by atoms with Crippen molar-refractivity contribution in [1.82, 2.24) is 9.88 Å². The molecule has 5 rings (SSSR count). The maximum atomic E-state index is 12.7. The summed E-state index contributed by atoms with van der Waals surface area (Å²) in [5.74, 6) is 0.606. The van der Waals surface area contributed by atoms with Gasteiger partial charge in [-0.3, -0.25) is 4.79 Å². The molecule has 0 spiro atoms. The van der Waals surface area contributed by atoms with Gasteiger partial charge in [-0.15, -0.1) is 0 Å². The maximum absolute atomic E-state index is 12.7. The summed E-state index contributed by atoms with van der Waals surface area (Å²) in [6.07, 6.45) is 3.39. The Kier molecular flexibility index (Phi) is 6.06. The summed E-state index contributed by atoms with van der Waals surface area (Å²) >= 11 is 6.21. The van der Waals surface area contributed by atoms with Crippen LogP contribution >= 0.6 is 11.6 Å². The Hall–Kier alpha value is -3.30. The quantitative estimate of drug-likeness (QED) is 0.351. The van der Waals surface area contributed by atoms with Gasteiger partial charge >= 0.3 is 0 Å². The highest BCUT2D eigenvalue weighted by atomic mass is 35.5. The summed E-state index contributed by atoms with van der Waals surface area (Å²) in [4.78, 5) is 12.7. The third-order valence-corrected chi connectivity index (χ3v) is 6.86. The van der Waals surface area contributed by atoms with Crippen LogP contribution in [0, 0.1) is 5.92 Å². The van der Waals surface area contributed by atoms with Crippen LogP contribution in [-0.4, -0.2) is 10.5 Å². The van der Waals surface area contributed by atoms with Crippen LogP contribution in [0.5, 0.6) is 0 Å². The van der Waals surface area contributed by atoms with Crippen molar-refractivity contribution >= 4 is 17.5 Å². The van der Waals surface area contributed by atoms with Crippen molar-refractivity contribution in [3.63, 3.8) is 0 Å². The first-order valence-corrected chi connectivity index (χ1v) is 11.9. The van der Waals surface area contributed by atoms with E-state index in [4.69, 9.17) is 11.6 Å². The molecule has 1 amide bonds. The molecule has 0 unspecified atom stereocenters. The van der Waals surface area contributed by atoms with Crippen molar-refractivity contribution in [1.29, 1.82) is 0 Å². The Morgan fingerprint density at radius 1 is 1.00 bits per heavy atom. The molecule has 0 aliphatic heterocycles. The predicted octanol–water partition coefficient (Wildman–Crippen LogP) is 6.85. The van der Waals surface area contributed by atoms with E-state index in [1.165, 1.54) is 28.9 Å². The van der Waals surface area contributed by atoms with Gasteiger partial charge in [0.2, 0.25) is 0 Å². The van der Waals surface area contributed by atoms with Crippen LogP contribution in [0.3, 0.4) is 0 Å². The van der Waals surface area contributed by atoms with Crippen molar-refractivity contribution in [2.24, 2.45) is 5.92 Å². The van der Waals surface area contributed by atoms with Crippen molar-refractivity contribution in [3.8, 4) is 16.9 Å². The molecule has 0 radical (unpaired) electrons. The highest BCUT2D eigenvalue weighted by molar-refractivity contribution is 6.31. The second-order valence-electron chi connectivity index (χ2n) is 8.87. The zero-order valence-electron chi connectivity index (χ0n) is 18.7. The fraction of sp³-hybridized carbons (Fsp3) is 0.207. The Balaban J connectivity index is 1.43. The lowest BCUT2D eigenvalue weighted by Gasteiger charge is -2.21. The van der Waals surface area contributed by atoms with Crippen molar-refractivity contribution in [2.75, 3.05) is 0 Å². The number of fused-ring (bicyclic) bond motifs is 1. The topological polar surface area (TPSA) is 34.0 Å². The molecule has 1 N–H and O–H groups in total. The molecule has 0 bridgehead atoms. The third kappa shape index (κ3) is 4.46. The van der Waals surface area contributed by atoms with Gasteiger partial charge in [0.1, 0.15) is 0 Å². The summed E-state index contributed by atoms with van der Waals surface area (Å²) in [5, 5.41) is 3.63. The molecule has 4 heteroatoms. The Morgan fingerprint density at radius 2 is 1.73 bits per heavy atom. The normalized spacial score (nSPS) is 15.2. The smallest absolute Gasteiger partial charge is 0.251 e. The SMILES string of the molecule is C[C@@H]1CCc2c(cc(-c3ccccc3)n2-c2ccc(C(=O)NCc3ccccc3Cl)cc2)C1. The first kappa shape index (κ1) is 21.5. The van der Waals surface area contributed by atoms with Crippen LogP contribution in [0.2, 0.25) is 5.02 Å². The first-order valence-electron chi connectivity index (χ1n) is 11.5. The molecule has 1 aliphatic rings. The molecule has 0 saturated carbocycles. The van der Waals surface area contributed by atoms with Gasteiger partial charge in [0.05, 0.1) is 5.69 Å². The summed E-state index contributed by atoms with van der Waals surface area (Å²) < 4.78 is 2.38. The standard InChI is InChI=1S/C29H27ClN2O/c1-20-11-16-27-24(17-20)18-28(21-7-3-2-4-8-21)32(27)25-14-12-22(13-15-25)29(33)31-19-23-9-5-6-10-26(23)30/h2-10,12-15,18,20H,11,16-17,19H2,1H3,(H,31,33)/t20-/m1/s1. The minimum atomic E-state index is -0.104. The number of hydrogen-bond acceptors (Lipinski definition) is 1. The van der Waals surface area contributed by atoms with Gasteiger partial charge < -0.3 is 9.88 Å². The number of nitrogens with zero attached hydrogens (tertiary/aromatic N) is 1. The molecule has 166 valence electrons. The van der Waals surface area contributed by atoms with Gasteiger partial charge in [0, 0.05) is 28.5 Å². The number of amides is 1. The van der Waals surface area contributed by atoms with Crippen molar-refractivity contribution in [2.45, 2.75) is 32.7 Å². The zero-order valence-corrected chi connectivity index (χ0v) is 19.5. The number of carbonyl (C=O) groups is 1. The number of rotatable bonds is 5. The van der Waals surface area contributed by atoms with Crippen LogP contribution in [0.25, 0.3) is 16.9 Å². The second-order valence-corrected chi connectivity index (χ2v) is 9.28. The van der Waals surface area contributed by atoms with Gasteiger partial charge in [-0.05, 0) is 78.3 Å². The number of nitrogens with one attached hydrogen (secondary N) is 1. The number of aromatic nitrogens is 1. The van der Waals surface area contributed by atoms with Gasteiger partial charge in [-0.1, -0.05) is 67.1 Å². The number of halogens is 1. The monoisotopic (exact) mass is 454 g/mol. The van der Waals surface area contributed by atoms with E-state index >= 15 is 0 Å². The highest BCUT2D eigenvalue weighted by Gasteiger charge is 2.23. The number of hydrogen-bond donors (Lipinski definition) is 1. The van der Waals surface area contributed by atoms with E-state index in [1.807, 2.05) is 36.4 Å². The lowest BCUT2D eigenvalue weighted by atomic mass is 9.89. The molecule has 1 aliphatic carbocycles. The summed E-state index contributed by atoms with van der Waals surface area (Å²) in [6.45, 7) is 2.74. The van der Waals surface area contributed by atoms with E-state index in [2.05, 4.69) is 65.3 Å². The molecule has 4 aromatic rings. The van der Waals surface area contributed by atoms with E-state index in [0.717, 1.165) is 24.1 Å². The second kappa shape index (κ2) is 9.29. The summed E-state index contributed by atoms with van der Waals surface area (Å²) in [5.41, 5.74) is 7.89. The minimum Gasteiger partial charge on any atom is -0.348 e. The van der Waals surface area contributed by atoms with E-state index in [9.17, 15) is 4.79 Å². The zero-order chi connectivity index (χ0) is 22.8. The molecule has 1 atom stereocenters. The maximum Gasteiger partial charge on any atom is 0.251 e. The van der Waals surface area contributed by atoms with E-state index < -0.39 is 0 Å². The average molecular weight is 455 g/mol. The average Bonchev–Trinajstić information content (AvgIpc) is 3.22. The van der Waals surface area contributed by atoms with Crippen LogP contribution < -0.4 is 5.32 Å². The Labute approximate surface area is 200 Å². The molecule has 3 aromatic carbocycles. The lowest BCUT2D eigenvalue weighted by Crippen LogP contribution is -2.23. The fourth-order valence-corrected chi connectivity index (χ4v) is 4.91. The third-order valence-electron chi connectivity index (χ3n) is 6.49. The van der Waals surface area contributed by atoms with E-state index in [-0.39, 0.29) is 5.91 Å². The molecule has 0 fully saturated rings. The van der Waals surface area contributed by atoms with Gasteiger partial charge in [-0.2, -0.15) is 0 Å². The van der Waals surface area contributed by atoms with E-state index in [0.29, 0.717) is 23.0 Å². The van der Waals surface area contributed by atoms with Gasteiger partial charge in [-0.25, -0.2) is 0 Å². The van der Waals surface area contributed by atoms with Crippen LogP contribution in [0.4, 0.5) is 0 Å².